The Balaban J connectivity index is 1.94. The maximum atomic E-state index is 5.70. The molecule has 1 aromatic heterocycles. The second-order valence-electron chi connectivity index (χ2n) is 5.02. The van der Waals surface area contributed by atoms with Crippen LogP contribution >= 0.6 is 12.2 Å². The van der Waals surface area contributed by atoms with Gasteiger partial charge in [-0.05, 0) is 37.9 Å². The van der Waals surface area contributed by atoms with Crippen LogP contribution in [-0.2, 0) is 0 Å². The quantitative estimate of drug-likeness (QED) is 0.807. The Morgan fingerprint density at radius 1 is 1.53 bits per heavy atom. The van der Waals surface area contributed by atoms with E-state index in [1.54, 1.807) is 6.20 Å². The van der Waals surface area contributed by atoms with E-state index in [1.165, 1.54) is 13.0 Å². The van der Waals surface area contributed by atoms with Crippen molar-refractivity contribution in [2.45, 2.75) is 32.2 Å². The lowest BCUT2D eigenvalue weighted by atomic mass is 10.0. The number of rotatable bonds is 5. The minimum atomic E-state index is 0.353. The van der Waals surface area contributed by atoms with E-state index in [0.29, 0.717) is 16.7 Å². The van der Waals surface area contributed by atoms with Crippen molar-refractivity contribution in [2.24, 2.45) is 5.73 Å². The van der Waals surface area contributed by atoms with Crippen molar-refractivity contribution in [1.82, 2.24) is 9.88 Å². The molecule has 0 saturated carbocycles. The Kier molecular flexibility index (Phi) is 5.10. The fourth-order valence-electron chi connectivity index (χ4n) is 2.56. The van der Waals surface area contributed by atoms with Crippen LogP contribution in [0.25, 0.3) is 0 Å². The zero-order chi connectivity index (χ0) is 13.7. The summed E-state index contributed by atoms with van der Waals surface area (Å²) >= 11 is 5.04. The monoisotopic (exact) mass is 278 g/mol. The van der Waals surface area contributed by atoms with Crippen molar-refractivity contribution >= 4 is 22.9 Å². The lowest BCUT2D eigenvalue weighted by Gasteiger charge is -2.32. The van der Waals surface area contributed by atoms with E-state index in [0.717, 1.165) is 31.6 Å². The molecular weight excluding hydrogens is 256 g/mol. The van der Waals surface area contributed by atoms with Crippen LogP contribution in [0, 0.1) is 0 Å². The zero-order valence-electron chi connectivity index (χ0n) is 11.4. The van der Waals surface area contributed by atoms with E-state index in [9.17, 15) is 0 Å². The highest BCUT2D eigenvalue weighted by Crippen LogP contribution is 2.19. The molecule has 0 amide bonds. The van der Waals surface area contributed by atoms with E-state index in [1.807, 2.05) is 12.1 Å². The fraction of sp³-hybridized carbons (Fsp3) is 0.571. The summed E-state index contributed by atoms with van der Waals surface area (Å²) in [6, 6.07) is 4.40. The molecular formula is C14H22N4S. The highest BCUT2D eigenvalue weighted by atomic mass is 32.1. The number of likely N-dealkylation sites (tertiary alicyclic amines) is 1. The van der Waals surface area contributed by atoms with Crippen molar-refractivity contribution in [2.75, 3.05) is 25.0 Å². The molecule has 4 nitrogen and oxygen atoms in total. The minimum absolute atomic E-state index is 0.353. The molecule has 1 aliphatic heterocycles. The molecule has 0 unspecified atom stereocenters. The lowest BCUT2D eigenvalue weighted by Crippen LogP contribution is -2.39. The summed E-state index contributed by atoms with van der Waals surface area (Å²) < 4.78 is 0. The zero-order valence-corrected chi connectivity index (χ0v) is 12.2. The standard InChI is InChI=1S/C14H22N4S/c1-2-8-18-9-5-11(6-10-18)17-12-4-3-7-16-13(12)14(15)19/h3-4,7,11,17H,2,5-6,8-10H2,1H3,(H2,15,19). The minimum Gasteiger partial charge on any atom is -0.388 e. The Bertz CT molecular complexity index is 427. The molecule has 0 aromatic carbocycles. The molecule has 2 rings (SSSR count). The van der Waals surface area contributed by atoms with Crippen LogP contribution in [0.1, 0.15) is 31.9 Å². The highest BCUT2D eigenvalue weighted by molar-refractivity contribution is 7.80. The number of hydrogen-bond donors (Lipinski definition) is 2. The SMILES string of the molecule is CCCN1CCC(Nc2cccnc2C(N)=S)CC1. The topological polar surface area (TPSA) is 54.2 Å². The molecule has 1 aliphatic rings. The third-order valence-corrected chi connectivity index (χ3v) is 3.72. The van der Waals surface area contributed by atoms with Gasteiger partial charge in [0.1, 0.15) is 10.7 Å². The van der Waals surface area contributed by atoms with Crippen molar-refractivity contribution in [3.63, 3.8) is 0 Å². The summed E-state index contributed by atoms with van der Waals surface area (Å²) in [6.45, 7) is 5.76. The van der Waals surface area contributed by atoms with E-state index >= 15 is 0 Å². The number of thiocarbonyl (C=S) groups is 1. The molecule has 0 spiro atoms. The summed E-state index contributed by atoms with van der Waals surface area (Å²) in [5, 5.41) is 3.54. The smallest absolute Gasteiger partial charge is 0.124 e. The molecule has 0 radical (unpaired) electrons. The van der Waals surface area contributed by atoms with Gasteiger partial charge < -0.3 is 16.0 Å². The molecule has 1 saturated heterocycles. The van der Waals surface area contributed by atoms with Crippen LogP contribution in [0.15, 0.2) is 18.3 Å². The first-order chi connectivity index (χ1) is 9.20. The highest BCUT2D eigenvalue weighted by Gasteiger charge is 2.19. The largest absolute Gasteiger partial charge is 0.388 e. The first-order valence-electron chi connectivity index (χ1n) is 6.94. The molecule has 19 heavy (non-hydrogen) atoms. The number of anilines is 1. The molecule has 2 heterocycles. The molecule has 3 N–H and O–H groups in total. The predicted octanol–water partition coefficient (Wildman–Crippen LogP) is 2.00. The maximum Gasteiger partial charge on any atom is 0.124 e. The van der Waals surface area contributed by atoms with Crippen LogP contribution in [0.5, 0.6) is 0 Å². The van der Waals surface area contributed by atoms with Crippen molar-refractivity contribution in [3.05, 3.63) is 24.0 Å². The average Bonchev–Trinajstić information content (AvgIpc) is 2.42. The van der Waals surface area contributed by atoms with Gasteiger partial charge in [0.05, 0.1) is 5.69 Å². The number of pyridine rings is 1. The first kappa shape index (κ1) is 14.2. The van der Waals surface area contributed by atoms with Crippen molar-refractivity contribution in [3.8, 4) is 0 Å². The maximum absolute atomic E-state index is 5.70. The first-order valence-corrected chi connectivity index (χ1v) is 7.35. The van der Waals surface area contributed by atoms with Gasteiger partial charge in [-0.25, -0.2) is 0 Å². The molecule has 0 bridgehead atoms. The second kappa shape index (κ2) is 6.82. The van der Waals surface area contributed by atoms with E-state index in [-0.39, 0.29) is 0 Å². The van der Waals surface area contributed by atoms with Gasteiger partial charge in [0.25, 0.3) is 0 Å². The summed E-state index contributed by atoms with van der Waals surface area (Å²) in [6.07, 6.45) is 5.27. The lowest BCUT2D eigenvalue weighted by molar-refractivity contribution is 0.219. The Morgan fingerprint density at radius 3 is 2.89 bits per heavy atom. The number of aromatic nitrogens is 1. The summed E-state index contributed by atoms with van der Waals surface area (Å²) in [7, 11) is 0. The number of piperidine rings is 1. The molecule has 5 heteroatoms. The van der Waals surface area contributed by atoms with Crippen LogP contribution in [0.4, 0.5) is 5.69 Å². The van der Waals surface area contributed by atoms with Crippen molar-refractivity contribution < 1.29 is 0 Å². The third kappa shape index (κ3) is 3.88. The molecule has 0 aliphatic carbocycles. The Morgan fingerprint density at radius 2 is 2.26 bits per heavy atom. The molecule has 1 aromatic rings. The van der Waals surface area contributed by atoms with Gasteiger partial charge in [-0.1, -0.05) is 19.1 Å². The van der Waals surface area contributed by atoms with E-state index in [4.69, 9.17) is 18.0 Å². The van der Waals surface area contributed by atoms with Gasteiger partial charge in [0.2, 0.25) is 0 Å². The van der Waals surface area contributed by atoms with E-state index < -0.39 is 0 Å². The van der Waals surface area contributed by atoms with Gasteiger partial charge in [-0.15, -0.1) is 0 Å². The van der Waals surface area contributed by atoms with Gasteiger partial charge >= 0.3 is 0 Å². The van der Waals surface area contributed by atoms with Crippen LogP contribution in [-0.4, -0.2) is 40.5 Å². The van der Waals surface area contributed by atoms with Gasteiger partial charge in [0.15, 0.2) is 0 Å². The molecule has 1 fully saturated rings. The summed E-state index contributed by atoms with van der Waals surface area (Å²) in [5.41, 5.74) is 7.37. The van der Waals surface area contributed by atoms with Gasteiger partial charge in [0, 0.05) is 25.3 Å². The second-order valence-corrected chi connectivity index (χ2v) is 5.46. The average molecular weight is 278 g/mol. The predicted molar refractivity (Wildman–Crippen MR) is 83.5 cm³/mol. The number of nitrogens with two attached hydrogens (primary N) is 1. The normalized spacial score (nSPS) is 17.3. The number of nitrogens with one attached hydrogen (secondary N) is 1. The number of hydrogen-bond acceptors (Lipinski definition) is 4. The Hall–Kier alpha value is -1.20. The van der Waals surface area contributed by atoms with Crippen LogP contribution < -0.4 is 11.1 Å². The van der Waals surface area contributed by atoms with Gasteiger partial charge in [-0.2, -0.15) is 0 Å². The van der Waals surface area contributed by atoms with Crippen LogP contribution in [0.3, 0.4) is 0 Å². The van der Waals surface area contributed by atoms with Crippen LogP contribution in [0.2, 0.25) is 0 Å². The van der Waals surface area contributed by atoms with Gasteiger partial charge in [-0.3, -0.25) is 4.98 Å². The summed E-state index contributed by atoms with van der Waals surface area (Å²) in [4.78, 5) is 7.13. The molecule has 104 valence electrons. The molecule has 0 atom stereocenters. The Labute approximate surface area is 120 Å². The van der Waals surface area contributed by atoms with Crippen molar-refractivity contribution in [1.29, 1.82) is 0 Å². The summed E-state index contributed by atoms with van der Waals surface area (Å²) in [5.74, 6) is 0. The number of nitrogens with zero attached hydrogens (tertiary/aromatic N) is 2. The third-order valence-electron chi connectivity index (χ3n) is 3.53. The fourth-order valence-corrected chi connectivity index (χ4v) is 2.72. The van der Waals surface area contributed by atoms with E-state index in [2.05, 4.69) is 22.1 Å².